The quantitative estimate of drug-likeness (QED) is 0.260. The Labute approximate surface area is 186 Å². The maximum absolute atomic E-state index is 12.4. The van der Waals surface area contributed by atoms with Gasteiger partial charge in [0.25, 0.3) is 11.4 Å². The van der Waals surface area contributed by atoms with E-state index in [1.807, 2.05) is 4.72 Å². The number of methoxy groups -OCH3 is 1. The van der Waals surface area contributed by atoms with Gasteiger partial charge in [0.1, 0.15) is 18.9 Å². The van der Waals surface area contributed by atoms with Gasteiger partial charge in [-0.3, -0.25) is 29.8 Å². The van der Waals surface area contributed by atoms with Crippen LogP contribution in [0.2, 0.25) is 0 Å². The second-order valence-corrected chi connectivity index (χ2v) is 8.01. The van der Waals surface area contributed by atoms with Gasteiger partial charge in [-0.05, 0) is 29.8 Å². The van der Waals surface area contributed by atoms with Crippen molar-refractivity contribution in [2.45, 2.75) is 11.5 Å². The van der Waals surface area contributed by atoms with Crippen LogP contribution in [0.1, 0.15) is 5.56 Å². The number of hydrogen-bond donors (Lipinski definition) is 2. The normalized spacial score (nSPS) is 10.8. The molecule has 0 saturated heterocycles. The van der Waals surface area contributed by atoms with E-state index in [2.05, 4.69) is 5.32 Å². The summed E-state index contributed by atoms with van der Waals surface area (Å²) in [7, 11) is -3.17. The van der Waals surface area contributed by atoms with Gasteiger partial charge in [0, 0.05) is 12.1 Å². The highest BCUT2D eigenvalue weighted by Gasteiger charge is 2.27. The molecule has 0 radical (unpaired) electrons. The Morgan fingerprint density at radius 3 is 2.24 bits per heavy atom. The predicted octanol–water partition coefficient (Wildman–Crippen LogP) is 0.650. The molecule has 0 aromatic heterocycles. The molecule has 2 N–H and O–H groups in total. The molecular weight excluding hydrogens is 464 g/mol. The van der Waals surface area contributed by atoms with Crippen molar-refractivity contribution in [2.75, 3.05) is 20.2 Å². The molecule has 0 unspecified atom stereocenters. The van der Waals surface area contributed by atoms with Crippen molar-refractivity contribution in [1.82, 2.24) is 10.0 Å². The van der Waals surface area contributed by atoms with Crippen LogP contribution >= 0.6 is 0 Å². The van der Waals surface area contributed by atoms with E-state index >= 15 is 0 Å². The molecular formula is C18H18N4O10S. The number of rotatable bonds is 11. The van der Waals surface area contributed by atoms with Crippen molar-refractivity contribution in [3.05, 3.63) is 68.3 Å². The number of carbonyl (C=O) groups excluding carboxylic acids is 2. The van der Waals surface area contributed by atoms with E-state index in [-0.39, 0.29) is 18.0 Å². The number of amides is 1. The summed E-state index contributed by atoms with van der Waals surface area (Å²) in [5.41, 5.74) is -0.383. The monoisotopic (exact) mass is 482 g/mol. The van der Waals surface area contributed by atoms with Gasteiger partial charge >= 0.3 is 5.97 Å². The van der Waals surface area contributed by atoms with E-state index in [9.17, 15) is 38.2 Å². The number of nitro groups is 2. The second-order valence-electron chi connectivity index (χ2n) is 6.28. The van der Waals surface area contributed by atoms with Crippen LogP contribution in [0.5, 0.6) is 5.75 Å². The largest absolute Gasteiger partial charge is 0.497 e. The molecule has 15 heteroatoms. The van der Waals surface area contributed by atoms with Gasteiger partial charge in [0.05, 0.1) is 29.6 Å². The molecule has 2 aromatic rings. The summed E-state index contributed by atoms with van der Waals surface area (Å²) in [4.78, 5) is 43.2. The molecule has 0 saturated carbocycles. The number of nitrogens with zero attached hydrogens (tertiary/aromatic N) is 2. The van der Waals surface area contributed by atoms with Gasteiger partial charge in [0.15, 0.2) is 4.90 Å². The number of nitrogens with one attached hydrogen (secondary N) is 2. The molecule has 1 amide bonds. The molecule has 0 heterocycles. The zero-order chi connectivity index (χ0) is 24.6. The molecule has 0 aliphatic rings. The van der Waals surface area contributed by atoms with Gasteiger partial charge in [0.2, 0.25) is 15.9 Å². The van der Waals surface area contributed by atoms with Crippen LogP contribution in [0.4, 0.5) is 11.4 Å². The minimum Gasteiger partial charge on any atom is -0.497 e. The number of benzene rings is 2. The topological polar surface area (TPSA) is 197 Å². The van der Waals surface area contributed by atoms with E-state index in [0.717, 1.165) is 12.1 Å². The maximum atomic E-state index is 12.4. The summed E-state index contributed by atoms with van der Waals surface area (Å²) >= 11 is 0. The van der Waals surface area contributed by atoms with Gasteiger partial charge in [-0.2, -0.15) is 0 Å². The highest BCUT2D eigenvalue weighted by atomic mass is 32.2. The minimum atomic E-state index is -4.42. The summed E-state index contributed by atoms with van der Waals surface area (Å²) < 4.78 is 36.4. The van der Waals surface area contributed by atoms with Gasteiger partial charge in [-0.25, -0.2) is 13.1 Å². The van der Waals surface area contributed by atoms with E-state index < -0.39 is 55.4 Å². The van der Waals surface area contributed by atoms with Crippen molar-refractivity contribution < 1.29 is 37.3 Å². The first-order valence-corrected chi connectivity index (χ1v) is 10.5. The van der Waals surface area contributed by atoms with Crippen molar-refractivity contribution in [3.8, 4) is 5.75 Å². The van der Waals surface area contributed by atoms with E-state index in [4.69, 9.17) is 9.47 Å². The Balaban J connectivity index is 1.85. The third-order valence-corrected chi connectivity index (χ3v) is 5.50. The van der Waals surface area contributed by atoms with Crippen LogP contribution in [0, 0.1) is 20.2 Å². The summed E-state index contributed by atoms with van der Waals surface area (Å²) in [5.74, 6) is -1.65. The highest BCUT2D eigenvalue weighted by Crippen LogP contribution is 2.28. The smallest absolute Gasteiger partial charge is 0.325 e. The Bertz CT molecular complexity index is 1170. The molecule has 33 heavy (non-hydrogen) atoms. The van der Waals surface area contributed by atoms with Gasteiger partial charge in [-0.1, -0.05) is 0 Å². The minimum absolute atomic E-state index is 0.0747. The molecule has 0 spiro atoms. The lowest BCUT2D eigenvalue weighted by Crippen LogP contribution is -2.39. The van der Waals surface area contributed by atoms with Crippen molar-refractivity contribution in [1.29, 1.82) is 0 Å². The molecule has 2 aromatic carbocycles. The Kier molecular flexibility index (Phi) is 8.36. The number of nitro benzene ring substituents is 2. The first-order chi connectivity index (χ1) is 15.5. The lowest BCUT2D eigenvalue weighted by Gasteiger charge is -2.09. The van der Waals surface area contributed by atoms with Crippen LogP contribution in [-0.2, 0) is 31.0 Å². The molecule has 176 valence electrons. The zero-order valence-corrected chi connectivity index (χ0v) is 17.9. The maximum Gasteiger partial charge on any atom is 0.325 e. The number of carbonyl (C=O) groups is 2. The summed E-state index contributed by atoms with van der Waals surface area (Å²) in [6.07, 6.45) is 0. The Hall–Kier alpha value is -4.11. The van der Waals surface area contributed by atoms with Crippen molar-refractivity contribution in [2.24, 2.45) is 0 Å². The third kappa shape index (κ3) is 7.22. The van der Waals surface area contributed by atoms with Crippen molar-refractivity contribution >= 4 is 33.3 Å². The number of sulfonamides is 1. The number of ether oxygens (including phenoxy) is 2. The Morgan fingerprint density at radius 2 is 1.67 bits per heavy atom. The van der Waals surface area contributed by atoms with Crippen LogP contribution < -0.4 is 14.8 Å². The standard InChI is InChI=1S/C18H18N4O10S/c1-31-14-6-7-16(15(8-14)22(27)28)33(29,30)20-9-17(23)19-10-18(24)32-11-12-2-4-13(5-3-12)21(25)26/h2-8,20H,9-11H2,1H3,(H,19,23). The average Bonchev–Trinajstić information content (AvgIpc) is 2.79. The Morgan fingerprint density at radius 1 is 1.00 bits per heavy atom. The summed E-state index contributed by atoms with van der Waals surface area (Å²) in [6.45, 7) is -1.56. The average molecular weight is 482 g/mol. The lowest BCUT2D eigenvalue weighted by molar-refractivity contribution is -0.387. The lowest BCUT2D eigenvalue weighted by atomic mass is 10.2. The SMILES string of the molecule is COc1ccc(S(=O)(=O)NCC(=O)NCC(=O)OCc2ccc([N+](=O)[O-])cc2)c([N+](=O)[O-])c1. The van der Waals surface area contributed by atoms with E-state index in [1.54, 1.807) is 0 Å². The number of hydrogen-bond acceptors (Lipinski definition) is 10. The van der Waals surface area contributed by atoms with Crippen molar-refractivity contribution in [3.63, 3.8) is 0 Å². The molecule has 14 nitrogen and oxygen atoms in total. The molecule has 0 atom stereocenters. The molecule has 0 fully saturated rings. The second kappa shape index (κ2) is 11.0. The van der Waals surface area contributed by atoms with Crippen LogP contribution in [-0.4, -0.2) is 50.3 Å². The third-order valence-electron chi connectivity index (χ3n) is 4.05. The molecule has 2 rings (SSSR count). The molecule has 0 aliphatic carbocycles. The van der Waals surface area contributed by atoms with Crippen LogP contribution in [0.3, 0.4) is 0 Å². The van der Waals surface area contributed by atoms with Gasteiger partial charge in [-0.15, -0.1) is 0 Å². The summed E-state index contributed by atoms with van der Waals surface area (Å²) in [5, 5.41) is 23.9. The van der Waals surface area contributed by atoms with Gasteiger partial charge < -0.3 is 14.8 Å². The molecule has 0 bridgehead atoms. The van der Waals surface area contributed by atoms with Crippen LogP contribution in [0.25, 0.3) is 0 Å². The van der Waals surface area contributed by atoms with E-state index in [1.165, 1.54) is 37.4 Å². The predicted molar refractivity (Wildman–Crippen MR) is 111 cm³/mol. The molecule has 0 aliphatic heterocycles. The first-order valence-electron chi connectivity index (χ1n) is 9.01. The fourth-order valence-corrected chi connectivity index (χ4v) is 3.53. The fourth-order valence-electron chi connectivity index (χ4n) is 2.39. The fraction of sp³-hybridized carbons (Fsp3) is 0.222. The van der Waals surface area contributed by atoms with Crippen LogP contribution in [0.15, 0.2) is 47.4 Å². The first kappa shape index (κ1) is 25.2. The summed E-state index contributed by atoms with van der Waals surface area (Å²) in [6, 6.07) is 8.38. The number of esters is 1. The zero-order valence-electron chi connectivity index (χ0n) is 17.0. The highest BCUT2D eigenvalue weighted by molar-refractivity contribution is 7.89. The van der Waals surface area contributed by atoms with E-state index in [0.29, 0.717) is 5.56 Å². The number of non-ortho nitro benzene ring substituents is 1.